The average Bonchev–Trinajstić information content (AvgIpc) is 3.37. The van der Waals surface area contributed by atoms with Crippen molar-refractivity contribution < 1.29 is 27.4 Å². The summed E-state index contributed by atoms with van der Waals surface area (Å²) < 4.78 is 51.8. The maximum atomic E-state index is 13.5. The maximum Gasteiger partial charge on any atom is 0.418 e. The van der Waals surface area contributed by atoms with Crippen molar-refractivity contribution in [1.82, 2.24) is 25.1 Å². The van der Waals surface area contributed by atoms with Gasteiger partial charge < -0.3 is 29.6 Å². The first-order chi connectivity index (χ1) is 17.9. The van der Waals surface area contributed by atoms with Gasteiger partial charge in [-0.1, -0.05) is 6.07 Å². The summed E-state index contributed by atoms with van der Waals surface area (Å²) in [7, 11) is 0. The van der Waals surface area contributed by atoms with Crippen LogP contribution < -0.4 is 5.32 Å². The number of H-pyrrole nitrogens is 1. The third kappa shape index (κ3) is 4.67. The Hall–Kier alpha value is -3.15. The molecule has 5 heterocycles. The summed E-state index contributed by atoms with van der Waals surface area (Å²) in [5.74, 6) is 0. The number of halogens is 3. The number of carbonyl (C=O) groups excluding carboxylic acids is 1. The molecule has 0 bridgehead atoms. The number of ether oxygens (including phenoxy) is 2. The molecular formula is C26H28F3N5O3. The normalized spacial score (nSPS) is 20.8. The number of pyridine rings is 1. The van der Waals surface area contributed by atoms with E-state index in [4.69, 9.17) is 9.47 Å². The van der Waals surface area contributed by atoms with Gasteiger partial charge in [0.2, 0.25) is 0 Å². The van der Waals surface area contributed by atoms with Crippen molar-refractivity contribution in [1.29, 1.82) is 0 Å². The van der Waals surface area contributed by atoms with Crippen molar-refractivity contribution in [3.05, 3.63) is 52.8 Å². The quantitative estimate of drug-likeness (QED) is 0.544. The van der Waals surface area contributed by atoms with Crippen LogP contribution in [0.2, 0.25) is 0 Å². The monoisotopic (exact) mass is 515 g/mol. The molecule has 0 unspecified atom stereocenters. The summed E-state index contributed by atoms with van der Waals surface area (Å²) in [6, 6.07) is 5.53. The number of hydrogen-bond acceptors (Lipinski definition) is 5. The molecule has 0 spiro atoms. The number of nitrogens with zero attached hydrogens (tertiary/aromatic N) is 3. The minimum atomic E-state index is -4.47. The van der Waals surface area contributed by atoms with Gasteiger partial charge in [-0.25, -0.2) is 9.78 Å². The number of aromatic nitrogens is 2. The van der Waals surface area contributed by atoms with E-state index < -0.39 is 11.7 Å². The van der Waals surface area contributed by atoms with E-state index in [0.717, 1.165) is 28.5 Å². The number of carbonyl (C=O) groups is 1. The van der Waals surface area contributed by atoms with E-state index in [0.29, 0.717) is 71.1 Å². The van der Waals surface area contributed by atoms with Gasteiger partial charge >= 0.3 is 12.2 Å². The predicted octanol–water partition coefficient (Wildman–Crippen LogP) is 3.72. The van der Waals surface area contributed by atoms with Crippen molar-refractivity contribution in [2.45, 2.75) is 25.2 Å². The summed E-state index contributed by atoms with van der Waals surface area (Å²) in [5, 5.41) is 3.55. The second-order valence-electron chi connectivity index (χ2n) is 9.66. The standard InChI is InChI=1S/C26H28F3N5O3/c27-26(28,29)22-13-32-24-20(22)11-18(12-31-24)17-9-16-1-3-34(25(35)33-4-7-36-8-5-33)14-21(16)19(10-17)23-15-37-6-2-30-23/h9-13,23,30H,1-8,14-15H2,(H,31,32)/t23-/m0/s1. The van der Waals surface area contributed by atoms with Crippen LogP contribution in [0.25, 0.3) is 22.2 Å². The third-order valence-electron chi connectivity index (χ3n) is 7.40. The van der Waals surface area contributed by atoms with Gasteiger partial charge in [-0.15, -0.1) is 0 Å². The van der Waals surface area contributed by atoms with E-state index >= 15 is 0 Å². The van der Waals surface area contributed by atoms with Gasteiger partial charge in [0, 0.05) is 56.1 Å². The molecule has 2 saturated heterocycles. The van der Waals surface area contributed by atoms with Crippen molar-refractivity contribution in [2.24, 2.45) is 0 Å². The van der Waals surface area contributed by atoms with Gasteiger partial charge in [0.05, 0.1) is 38.0 Å². The highest BCUT2D eigenvalue weighted by molar-refractivity contribution is 5.85. The number of rotatable bonds is 2. The second-order valence-corrected chi connectivity index (χ2v) is 9.66. The van der Waals surface area contributed by atoms with Crippen LogP contribution in [-0.4, -0.2) is 78.4 Å². The van der Waals surface area contributed by atoms with Gasteiger partial charge in [0.1, 0.15) is 5.65 Å². The van der Waals surface area contributed by atoms with Gasteiger partial charge in [-0.05, 0) is 40.8 Å². The lowest BCUT2D eigenvalue weighted by Crippen LogP contribution is -2.49. The molecule has 0 radical (unpaired) electrons. The van der Waals surface area contributed by atoms with E-state index in [9.17, 15) is 18.0 Å². The topological polar surface area (TPSA) is 82.7 Å². The van der Waals surface area contributed by atoms with Crippen molar-refractivity contribution in [2.75, 3.05) is 52.6 Å². The molecular weight excluding hydrogens is 487 g/mol. The van der Waals surface area contributed by atoms with Crippen LogP contribution in [-0.2, 0) is 28.6 Å². The van der Waals surface area contributed by atoms with Crippen LogP contribution in [0.15, 0.2) is 30.6 Å². The van der Waals surface area contributed by atoms with Crippen LogP contribution >= 0.6 is 0 Å². The zero-order valence-electron chi connectivity index (χ0n) is 20.2. The predicted molar refractivity (Wildman–Crippen MR) is 130 cm³/mol. The molecule has 11 heteroatoms. The molecule has 2 fully saturated rings. The average molecular weight is 516 g/mol. The molecule has 3 aromatic rings. The lowest BCUT2D eigenvalue weighted by Gasteiger charge is -2.37. The lowest BCUT2D eigenvalue weighted by atomic mass is 9.87. The molecule has 0 aliphatic carbocycles. The maximum absolute atomic E-state index is 13.5. The van der Waals surface area contributed by atoms with Crippen LogP contribution in [0.1, 0.15) is 28.3 Å². The van der Waals surface area contributed by atoms with Crippen molar-refractivity contribution in [3.63, 3.8) is 0 Å². The number of aromatic amines is 1. The lowest BCUT2D eigenvalue weighted by molar-refractivity contribution is -0.136. The summed E-state index contributed by atoms with van der Waals surface area (Å²) in [6.45, 7) is 5.12. The summed E-state index contributed by atoms with van der Waals surface area (Å²) in [5.41, 5.74) is 4.07. The first-order valence-corrected chi connectivity index (χ1v) is 12.5. The first-order valence-electron chi connectivity index (χ1n) is 12.5. The van der Waals surface area contributed by atoms with E-state index in [1.165, 1.54) is 0 Å². The Bertz CT molecular complexity index is 1310. The highest BCUT2D eigenvalue weighted by Gasteiger charge is 2.34. The second kappa shape index (κ2) is 9.62. The van der Waals surface area contributed by atoms with E-state index in [2.05, 4.69) is 15.3 Å². The minimum absolute atomic E-state index is 0.0126. The third-order valence-corrected chi connectivity index (χ3v) is 7.40. The molecule has 2 amide bonds. The molecule has 2 aromatic heterocycles. The molecule has 196 valence electrons. The molecule has 1 atom stereocenters. The molecule has 2 N–H and O–H groups in total. The number of benzene rings is 1. The highest BCUT2D eigenvalue weighted by atomic mass is 19.4. The number of fused-ring (bicyclic) bond motifs is 2. The molecule has 6 rings (SSSR count). The van der Waals surface area contributed by atoms with Gasteiger partial charge in [-0.2, -0.15) is 13.2 Å². The number of hydrogen-bond donors (Lipinski definition) is 2. The minimum Gasteiger partial charge on any atom is -0.378 e. The Morgan fingerprint density at radius 3 is 2.62 bits per heavy atom. The number of alkyl halides is 3. The highest BCUT2D eigenvalue weighted by Crippen LogP contribution is 2.38. The Morgan fingerprint density at radius 1 is 1.03 bits per heavy atom. The molecule has 1 aromatic carbocycles. The van der Waals surface area contributed by atoms with Crippen LogP contribution in [0.5, 0.6) is 0 Å². The van der Waals surface area contributed by atoms with Gasteiger partial charge in [0.25, 0.3) is 0 Å². The molecule has 0 saturated carbocycles. The van der Waals surface area contributed by atoms with Crippen LogP contribution in [0.3, 0.4) is 0 Å². The molecule has 3 aliphatic rings. The number of amides is 2. The van der Waals surface area contributed by atoms with Gasteiger partial charge in [0.15, 0.2) is 0 Å². The Balaban J connectivity index is 1.38. The zero-order valence-corrected chi connectivity index (χ0v) is 20.2. The fourth-order valence-electron chi connectivity index (χ4n) is 5.45. The Morgan fingerprint density at radius 2 is 1.86 bits per heavy atom. The Kier molecular flexibility index (Phi) is 6.29. The van der Waals surface area contributed by atoms with Crippen molar-refractivity contribution in [3.8, 4) is 11.1 Å². The van der Waals surface area contributed by atoms with Gasteiger partial charge in [-0.3, -0.25) is 0 Å². The van der Waals surface area contributed by atoms with Crippen LogP contribution in [0, 0.1) is 0 Å². The fraction of sp³-hybridized carbons (Fsp3) is 0.462. The summed E-state index contributed by atoms with van der Waals surface area (Å²) in [6.07, 6.45) is -1.25. The fourth-order valence-corrected chi connectivity index (χ4v) is 5.45. The van der Waals surface area contributed by atoms with Crippen molar-refractivity contribution >= 4 is 17.1 Å². The van der Waals surface area contributed by atoms with E-state index in [-0.39, 0.29) is 23.1 Å². The first kappa shape index (κ1) is 24.2. The zero-order chi connectivity index (χ0) is 25.6. The number of morpholine rings is 2. The number of nitrogens with one attached hydrogen (secondary N) is 2. The van der Waals surface area contributed by atoms with E-state index in [1.807, 2.05) is 21.9 Å². The molecule has 8 nitrogen and oxygen atoms in total. The summed E-state index contributed by atoms with van der Waals surface area (Å²) >= 11 is 0. The SMILES string of the molecule is O=C(N1CCOCC1)N1CCc2cc(-c3cnc4[nH]cc(C(F)(F)F)c4c3)cc([C@@H]3COCCN3)c2C1. The van der Waals surface area contributed by atoms with Crippen LogP contribution in [0.4, 0.5) is 18.0 Å². The largest absolute Gasteiger partial charge is 0.418 e. The molecule has 3 aliphatic heterocycles. The Labute approximate surface area is 211 Å². The smallest absolute Gasteiger partial charge is 0.378 e. The number of urea groups is 1. The molecule has 37 heavy (non-hydrogen) atoms. The summed E-state index contributed by atoms with van der Waals surface area (Å²) in [4.78, 5) is 23.8. The van der Waals surface area contributed by atoms with E-state index in [1.54, 1.807) is 12.3 Å².